The zero-order chi connectivity index (χ0) is 18.8. The van der Waals surface area contributed by atoms with Gasteiger partial charge in [-0.3, -0.25) is 4.79 Å². The zero-order valence-electron chi connectivity index (χ0n) is 14.6. The lowest BCUT2D eigenvalue weighted by atomic mass is 10.2. The molecule has 4 rings (SSSR count). The van der Waals surface area contributed by atoms with E-state index in [-0.39, 0.29) is 24.7 Å². The number of anilines is 1. The van der Waals surface area contributed by atoms with Crippen molar-refractivity contribution in [3.63, 3.8) is 0 Å². The van der Waals surface area contributed by atoms with Gasteiger partial charge in [-0.25, -0.2) is 4.79 Å². The highest BCUT2D eigenvalue weighted by atomic mass is 16.6. The lowest BCUT2D eigenvalue weighted by Crippen LogP contribution is -2.40. The van der Waals surface area contributed by atoms with Gasteiger partial charge in [0.25, 0.3) is 5.91 Å². The molecule has 1 aliphatic rings. The van der Waals surface area contributed by atoms with Crippen LogP contribution in [0, 0.1) is 0 Å². The van der Waals surface area contributed by atoms with Crippen LogP contribution in [0.2, 0.25) is 0 Å². The molecule has 1 aromatic heterocycles. The Labute approximate surface area is 154 Å². The second-order valence-corrected chi connectivity index (χ2v) is 5.88. The number of ether oxygens (including phenoxy) is 3. The number of hydrogen-bond acceptors (Lipinski definition) is 6. The maximum Gasteiger partial charge on any atom is 0.376 e. The Morgan fingerprint density at radius 1 is 1.11 bits per heavy atom. The van der Waals surface area contributed by atoms with E-state index in [4.69, 9.17) is 18.6 Å². The lowest BCUT2D eigenvalue weighted by Gasteiger charge is -2.25. The number of rotatable bonds is 4. The Morgan fingerprint density at radius 3 is 2.67 bits per heavy atom. The topological polar surface area (TPSA) is 87.0 Å². The highest BCUT2D eigenvalue weighted by molar-refractivity contribution is 6.10. The summed E-state index contributed by atoms with van der Waals surface area (Å²) in [5, 5.41) is 3.34. The van der Waals surface area contributed by atoms with Gasteiger partial charge in [0, 0.05) is 5.39 Å². The van der Waals surface area contributed by atoms with Gasteiger partial charge in [-0.2, -0.15) is 0 Å². The van der Waals surface area contributed by atoms with Crippen LogP contribution in [0.25, 0.3) is 11.0 Å². The summed E-state index contributed by atoms with van der Waals surface area (Å²) in [5.74, 6) is -0.0608. The molecule has 1 N–H and O–H groups in total. The number of nitrogens with one attached hydrogen (secondary N) is 1. The number of carbonyl (C=O) groups excluding carboxylic acids is 2. The molecule has 7 nitrogen and oxygen atoms in total. The molecule has 27 heavy (non-hydrogen) atoms. The molecule has 7 heteroatoms. The van der Waals surface area contributed by atoms with Gasteiger partial charge in [-0.05, 0) is 31.2 Å². The molecule has 2 aromatic carbocycles. The first-order valence-corrected chi connectivity index (χ1v) is 8.55. The van der Waals surface area contributed by atoms with E-state index in [1.807, 2.05) is 6.07 Å². The second kappa shape index (κ2) is 7.03. The van der Waals surface area contributed by atoms with Crippen LogP contribution in [0.5, 0.6) is 11.5 Å². The Balaban J connectivity index is 1.62. The minimum atomic E-state index is -0.858. The van der Waals surface area contributed by atoms with Gasteiger partial charge >= 0.3 is 5.97 Å². The first kappa shape index (κ1) is 17.0. The minimum absolute atomic E-state index is 0.0523. The summed E-state index contributed by atoms with van der Waals surface area (Å²) in [6.45, 7) is 1.95. The van der Waals surface area contributed by atoms with E-state index in [1.165, 1.54) is 0 Å². The van der Waals surface area contributed by atoms with Crippen LogP contribution in [-0.2, 0) is 9.53 Å². The van der Waals surface area contributed by atoms with E-state index < -0.39 is 18.0 Å². The highest BCUT2D eigenvalue weighted by Crippen LogP contribution is 2.33. The zero-order valence-corrected chi connectivity index (χ0v) is 14.6. The normalized spacial score (nSPS) is 15.4. The smallest absolute Gasteiger partial charge is 0.376 e. The lowest BCUT2D eigenvalue weighted by molar-refractivity contribution is -0.125. The van der Waals surface area contributed by atoms with Crippen molar-refractivity contribution in [3.05, 3.63) is 54.3 Å². The summed E-state index contributed by atoms with van der Waals surface area (Å²) >= 11 is 0. The molecule has 0 aliphatic carbocycles. The van der Waals surface area contributed by atoms with E-state index in [9.17, 15) is 9.59 Å². The summed E-state index contributed by atoms with van der Waals surface area (Å²) in [4.78, 5) is 25.0. The largest absolute Gasteiger partial charge is 0.485 e. The third-order valence-corrected chi connectivity index (χ3v) is 4.11. The van der Waals surface area contributed by atoms with Crippen LogP contribution in [0.1, 0.15) is 17.5 Å². The number of furan rings is 1. The number of amides is 1. The van der Waals surface area contributed by atoms with Gasteiger partial charge in [-0.15, -0.1) is 0 Å². The number of esters is 1. The van der Waals surface area contributed by atoms with Crippen LogP contribution >= 0.6 is 0 Å². The highest BCUT2D eigenvalue weighted by Gasteiger charge is 2.30. The van der Waals surface area contributed by atoms with E-state index in [0.29, 0.717) is 22.5 Å². The summed E-state index contributed by atoms with van der Waals surface area (Å²) in [6, 6.07) is 14.2. The SMILES string of the molecule is CCOC(=O)c1oc2ccccc2c1NC(=O)C1COc2ccccc2O1. The van der Waals surface area contributed by atoms with Crippen molar-refractivity contribution >= 4 is 28.5 Å². The predicted molar refractivity (Wildman–Crippen MR) is 97.2 cm³/mol. The van der Waals surface area contributed by atoms with Crippen molar-refractivity contribution in [1.29, 1.82) is 0 Å². The average Bonchev–Trinajstić information content (AvgIpc) is 3.06. The third-order valence-electron chi connectivity index (χ3n) is 4.11. The predicted octanol–water partition coefficient (Wildman–Crippen LogP) is 3.39. The van der Waals surface area contributed by atoms with Crippen molar-refractivity contribution in [2.45, 2.75) is 13.0 Å². The summed E-state index contributed by atoms with van der Waals surface area (Å²) in [6.07, 6.45) is -0.858. The van der Waals surface area contributed by atoms with Crippen LogP contribution in [0.15, 0.2) is 52.9 Å². The van der Waals surface area contributed by atoms with E-state index in [0.717, 1.165) is 0 Å². The fourth-order valence-electron chi connectivity index (χ4n) is 2.86. The van der Waals surface area contributed by atoms with Gasteiger partial charge in [0.2, 0.25) is 11.9 Å². The molecule has 0 fully saturated rings. The maximum atomic E-state index is 12.7. The molecule has 3 aromatic rings. The minimum Gasteiger partial charge on any atom is -0.485 e. The van der Waals surface area contributed by atoms with Gasteiger partial charge < -0.3 is 23.9 Å². The van der Waals surface area contributed by atoms with Crippen LogP contribution < -0.4 is 14.8 Å². The summed E-state index contributed by atoms with van der Waals surface area (Å²) < 4.78 is 21.9. The molecule has 138 valence electrons. The van der Waals surface area contributed by atoms with Gasteiger partial charge in [0.1, 0.15) is 17.9 Å². The monoisotopic (exact) mass is 367 g/mol. The molecule has 0 spiro atoms. The Hall–Kier alpha value is -3.48. The molecular weight excluding hydrogens is 350 g/mol. The van der Waals surface area contributed by atoms with E-state index in [1.54, 1.807) is 49.4 Å². The molecule has 0 radical (unpaired) electrons. The first-order valence-electron chi connectivity index (χ1n) is 8.55. The average molecular weight is 367 g/mol. The van der Waals surface area contributed by atoms with Gasteiger partial charge in [0.05, 0.1) is 6.61 Å². The number of carbonyl (C=O) groups is 2. The van der Waals surface area contributed by atoms with Crippen molar-refractivity contribution in [1.82, 2.24) is 0 Å². The molecule has 1 aliphatic heterocycles. The molecule has 1 atom stereocenters. The van der Waals surface area contributed by atoms with Gasteiger partial charge in [0.15, 0.2) is 11.5 Å². The number of fused-ring (bicyclic) bond motifs is 2. The van der Waals surface area contributed by atoms with Crippen molar-refractivity contribution in [2.24, 2.45) is 0 Å². The van der Waals surface area contributed by atoms with E-state index >= 15 is 0 Å². The van der Waals surface area contributed by atoms with Crippen molar-refractivity contribution in [3.8, 4) is 11.5 Å². The number of benzene rings is 2. The van der Waals surface area contributed by atoms with Gasteiger partial charge in [-0.1, -0.05) is 24.3 Å². The molecule has 0 saturated carbocycles. The molecule has 2 heterocycles. The number of hydrogen-bond donors (Lipinski definition) is 1. The van der Waals surface area contributed by atoms with E-state index in [2.05, 4.69) is 5.32 Å². The van der Waals surface area contributed by atoms with Crippen molar-refractivity contribution in [2.75, 3.05) is 18.5 Å². The Bertz CT molecular complexity index is 1010. The Morgan fingerprint density at radius 2 is 1.85 bits per heavy atom. The molecule has 0 saturated heterocycles. The summed E-state index contributed by atoms with van der Waals surface area (Å²) in [7, 11) is 0. The third kappa shape index (κ3) is 3.19. The van der Waals surface area contributed by atoms with Crippen molar-refractivity contribution < 1.29 is 28.2 Å². The fourth-order valence-corrected chi connectivity index (χ4v) is 2.86. The standard InChI is InChI=1S/C20H17NO6/c1-2-24-20(23)18-17(12-7-3-4-8-13(12)27-18)21-19(22)16-11-25-14-9-5-6-10-15(14)26-16/h3-10,16H,2,11H2,1H3,(H,21,22). The molecule has 0 bridgehead atoms. The Kier molecular flexibility index (Phi) is 4.42. The fraction of sp³-hybridized carbons (Fsp3) is 0.200. The molecule has 1 unspecified atom stereocenters. The second-order valence-electron chi connectivity index (χ2n) is 5.88. The summed E-state index contributed by atoms with van der Waals surface area (Å²) in [5.41, 5.74) is 0.735. The van der Waals surface area contributed by atoms with Crippen LogP contribution in [0.4, 0.5) is 5.69 Å². The first-order chi connectivity index (χ1) is 13.2. The maximum absolute atomic E-state index is 12.7. The van der Waals surface area contributed by atoms with Crippen LogP contribution in [-0.4, -0.2) is 31.2 Å². The quantitative estimate of drug-likeness (QED) is 0.712. The molecule has 1 amide bonds. The van der Waals surface area contributed by atoms with Crippen LogP contribution in [0.3, 0.4) is 0 Å². The molecular formula is C20H17NO6. The number of para-hydroxylation sites is 3.